The lowest BCUT2D eigenvalue weighted by Crippen LogP contribution is -2.19. The maximum Gasteiger partial charge on any atom is 0.129 e. The van der Waals surface area contributed by atoms with Crippen molar-refractivity contribution in [1.29, 1.82) is 0 Å². The molecule has 1 aliphatic rings. The minimum Gasteiger partial charge on any atom is -0.388 e. The number of hydrogen-bond donors (Lipinski definition) is 1. The van der Waals surface area contributed by atoms with E-state index >= 15 is 0 Å². The zero-order valence-corrected chi connectivity index (χ0v) is 5.12. The number of carbonyl (C=O) groups excluding carboxylic acids is 1. The molecule has 0 aromatic heterocycles. The van der Waals surface area contributed by atoms with E-state index in [1.807, 2.05) is 0 Å². The average Bonchev–Trinajstić information content (AvgIpc) is 1.98. The van der Waals surface area contributed by atoms with Gasteiger partial charge >= 0.3 is 0 Å². The van der Waals surface area contributed by atoms with Crippen molar-refractivity contribution in [2.45, 2.75) is 6.10 Å². The molecule has 2 nitrogen and oxygen atoms in total. The van der Waals surface area contributed by atoms with Crippen LogP contribution in [0.15, 0.2) is 24.1 Å². The summed E-state index contributed by atoms with van der Waals surface area (Å²) in [6, 6.07) is 0. The van der Waals surface area contributed by atoms with Crippen LogP contribution in [0.25, 0.3) is 0 Å². The smallest absolute Gasteiger partial charge is 0.129 e. The van der Waals surface area contributed by atoms with Crippen molar-refractivity contribution in [3.63, 3.8) is 0 Å². The third kappa shape index (κ3) is 1.30. The van der Waals surface area contributed by atoms with E-state index < -0.39 is 17.8 Å². The second-order valence-electron chi connectivity index (χ2n) is 1.95. The summed E-state index contributed by atoms with van der Waals surface area (Å²) in [5, 5.41) is 9.03. The van der Waals surface area contributed by atoms with Gasteiger partial charge in [0, 0.05) is 1.37 Å². The highest BCUT2D eigenvalue weighted by Crippen LogP contribution is 2.15. The van der Waals surface area contributed by atoms with Crippen LogP contribution in [-0.4, -0.2) is 17.5 Å². The molecule has 0 spiro atoms. The fourth-order valence-electron chi connectivity index (χ4n) is 0.691. The van der Waals surface area contributed by atoms with Gasteiger partial charge in [0.2, 0.25) is 0 Å². The Morgan fingerprint density at radius 3 is 3.10 bits per heavy atom. The summed E-state index contributed by atoms with van der Waals surface area (Å²) < 4.78 is 19.6. The highest BCUT2D eigenvalue weighted by atomic mass is 19.1. The first-order valence-electron chi connectivity index (χ1n) is 3.29. The number of rotatable bonds is 1. The number of allylic oxidation sites excluding steroid dienone is 2. The summed E-state index contributed by atoms with van der Waals surface area (Å²) in [7, 11) is 0. The summed E-state index contributed by atoms with van der Waals surface area (Å²) in [5.41, 5.74) is 0. The van der Waals surface area contributed by atoms with E-state index in [4.69, 9.17) is 6.48 Å². The minimum absolute atomic E-state index is 0.209. The van der Waals surface area contributed by atoms with Crippen LogP contribution in [0.5, 0.6) is 0 Å². The Hall–Kier alpha value is -0.960. The number of aliphatic hydroxyl groups excluding tert-OH is 1. The Bertz CT molecular complexity index is 237. The largest absolute Gasteiger partial charge is 0.388 e. The quantitative estimate of drug-likeness (QED) is 0.545. The van der Waals surface area contributed by atoms with Gasteiger partial charge in [-0.05, 0) is 12.2 Å². The molecule has 10 heavy (non-hydrogen) atoms. The van der Waals surface area contributed by atoms with Gasteiger partial charge in [0.15, 0.2) is 0 Å². The normalized spacial score (nSPS) is 40.4. The molecule has 0 fully saturated rings. The first-order valence-corrected chi connectivity index (χ1v) is 2.79. The van der Waals surface area contributed by atoms with Gasteiger partial charge < -0.3 is 9.90 Å². The molecule has 1 N–H and O–H groups in total. The van der Waals surface area contributed by atoms with Crippen LogP contribution >= 0.6 is 0 Å². The van der Waals surface area contributed by atoms with Gasteiger partial charge in [-0.3, -0.25) is 0 Å². The van der Waals surface area contributed by atoms with Crippen molar-refractivity contribution in [3.8, 4) is 0 Å². The summed E-state index contributed by atoms with van der Waals surface area (Å²) in [4.78, 5) is 10.2. The van der Waals surface area contributed by atoms with Gasteiger partial charge in [-0.15, -0.1) is 0 Å². The topological polar surface area (TPSA) is 37.3 Å². The van der Waals surface area contributed by atoms with Gasteiger partial charge in [0.1, 0.15) is 12.1 Å². The van der Waals surface area contributed by atoms with Crippen LogP contribution < -0.4 is 0 Å². The van der Waals surface area contributed by atoms with Crippen molar-refractivity contribution >= 4 is 6.29 Å². The molecule has 0 radical (unpaired) electrons. The van der Waals surface area contributed by atoms with Gasteiger partial charge in [0.05, 0.1) is 12.0 Å². The lowest BCUT2D eigenvalue weighted by atomic mass is 9.99. The van der Waals surface area contributed by atoms with E-state index in [1.54, 1.807) is 0 Å². The SMILES string of the molecule is [2H]C1(C=O)C=C(F)C=CC1O. The van der Waals surface area contributed by atoms with E-state index in [-0.39, 0.29) is 6.29 Å². The third-order valence-corrected chi connectivity index (χ3v) is 1.22. The molecule has 2 unspecified atom stereocenters. The first-order chi connectivity index (χ1) is 5.08. The Labute approximate surface area is 59.1 Å². The van der Waals surface area contributed by atoms with Crippen LogP contribution in [0.1, 0.15) is 1.37 Å². The van der Waals surface area contributed by atoms with E-state index in [0.29, 0.717) is 0 Å². The molecular formula is C7H7FO2. The highest BCUT2D eigenvalue weighted by Gasteiger charge is 2.17. The number of aliphatic hydroxyl groups is 1. The van der Waals surface area contributed by atoms with Gasteiger partial charge in [-0.25, -0.2) is 4.39 Å². The summed E-state index contributed by atoms with van der Waals surface area (Å²) in [5.74, 6) is -2.52. The van der Waals surface area contributed by atoms with Crippen LogP contribution in [0.4, 0.5) is 4.39 Å². The predicted octanol–water partition coefficient (Wildman–Crippen LogP) is 0.586. The van der Waals surface area contributed by atoms with Crippen molar-refractivity contribution < 1.29 is 15.7 Å². The monoisotopic (exact) mass is 143 g/mol. The fraction of sp³-hybridized carbons (Fsp3) is 0.286. The number of carbonyl (C=O) groups is 1. The molecule has 0 bridgehead atoms. The van der Waals surface area contributed by atoms with Crippen molar-refractivity contribution in [2.24, 2.45) is 5.89 Å². The van der Waals surface area contributed by atoms with Crippen molar-refractivity contribution in [1.82, 2.24) is 0 Å². The van der Waals surface area contributed by atoms with Gasteiger partial charge in [-0.2, -0.15) is 0 Å². The van der Waals surface area contributed by atoms with Crippen LogP contribution in [0.3, 0.4) is 0 Å². The maximum absolute atomic E-state index is 12.4. The Balaban J connectivity index is 2.98. The molecule has 0 aromatic rings. The second kappa shape index (κ2) is 2.75. The van der Waals surface area contributed by atoms with Crippen molar-refractivity contribution in [2.75, 3.05) is 0 Å². The molecular weight excluding hydrogens is 135 g/mol. The Morgan fingerprint density at radius 2 is 2.60 bits per heavy atom. The number of halogens is 1. The third-order valence-electron chi connectivity index (χ3n) is 1.22. The Kier molecular flexibility index (Phi) is 1.59. The lowest BCUT2D eigenvalue weighted by Gasteiger charge is -2.12. The van der Waals surface area contributed by atoms with E-state index in [9.17, 15) is 9.18 Å². The van der Waals surface area contributed by atoms with E-state index in [0.717, 1.165) is 18.2 Å². The minimum atomic E-state index is -1.85. The fourth-order valence-corrected chi connectivity index (χ4v) is 0.691. The van der Waals surface area contributed by atoms with Crippen molar-refractivity contribution in [3.05, 3.63) is 24.1 Å². The van der Waals surface area contributed by atoms with Gasteiger partial charge in [0.25, 0.3) is 0 Å². The molecule has 1 aliphatic carbocycles. The Morgan fingerprint density at radius 1 is 1.90 bits per heavy atom. The molecule has 0 amide bonds. The maximum atomic E-state index is 12.4. The standard InChI is InChI=1S/C7H7FO2/c8-6-1-2-7(10)5(3-6)4-9/h1-5,7,10H/i5D. The molecule has 54 valence electrons. The van der Waals surface area contributed by atoms with Crippen LogP contribution in [0.2, 0.25) is 0 Å². The number of aldehydes is 1. The molecule has 0 saturated carbocycles. The summed E-state index contributed by atoms with van der Waals surface area (Å²) >= 11 is 0. The summed E-state index contributed by atoms with van der Waals surface area (Å²) in [6.07, 6.45) is 1.85. The van der Waals surface area contributed by atoms with Crippen LogP contribution in [0, 0.1) is 5.89 Å². The molecule has 0 aliphatic heterocycles. The van der Waals surface area contributed by atoms with Gasteiger partial charge in [-0.1, -0.05) is 6.08 Å². The molecule has 1 rings (SSSR count). The zero-order valence-electron chi connectivity index (χ0n) is 6.12. The number of hydrogen-bond acceptors (Lipinski definition) is 2. The molecule has 0 aromatic carbocycles. The van der Waals surface area contributed by atoms with E-state index in [2.05, 4.69) is 0 Å². The molecule has 2 atom stereocenters. The lowest BCUT2D eigenvalue weighted by molar-refractivity contribution is -0.111. The predicted molar refractivity (Wildman–Crippen MR) is 33.9 cm³/mol. The molecule has 3 heteroatoms. The molecule has 0 heterocycles. The summed E-state index contributed by atoms with van der Waals surface area (Å²) in [6.45, 7) is 0. The first kappa shape index (κ1) is 5.80. The highest BCUT2D eigenvalue weighted by molar-refractivity contribution is 5.59. The second-order valence-corrected chi connectivity index (χ2v) is 1.95. The average molecular weight is 143 g/mol. The zero-order chi connectivity index (χ0) is 8.48. The van der Waals surface area contributed by atoms with Crippen LogP contribution in [-0.2, 0) is 4.79 Å². The van der Waals surface area contributed by atoms with E-state index in [1.165, 1.54) is 0 Å². The molecule has 0 saturated heterocycles.